The lowest BCUT2D eigenvalue weighted by Gasteiger charge is -2.00. The van der Waals surface area contributed by atoms with E-state index in [0.29, 0.717) is 5.82 Å². The lowest BCUT2D eigenvalue weighted by molar-refractivity contribution is 0.0505. The molecule has 0 unspecified atom stereocenters. The monoisotopic (exact) mass is 238 g/mol. The Balaban J connectivity index is 2.16. The van der Waals surface area contributed by atoms with Gasteiger partial charge in [0.15, 0.2) is 5.82 Å². The third-order valence-electron chi connectivity index (χ3n) is 1.83. The first-order chi connectivity index (χ1) is 8.20. The lowest BCUT2D eigenvalue weighted by atomic mass is 10.5. The summed E-state index contributed by atoms with van der Waals surface area (Å²) in [5.74, 6) is -0.161. The maximum absolute atomic E-state index is 11.5. The first-order valence-corrected chi connectivity index (χ1v) is 4.87. The Morgan fingerprint density at radius 3 is 2.82 bits per heavy atom. The van der Waals surface area contributed by atoms with Crippen molar-refractivity contribution < 1.29 is 9.53 Å². The summed E-state index contributed by atoms with van der Waals surface area (Å²) in [7, 11) is 1.64. The van der Waals surface area contributed by atoms with E-state index in [-0.39, 0.29) is 19.0 Å². The second kappa shape index (κ2) is 4.63. The topological polar surface area (TPSA) is 114 Å². The van der Waals surface area contributed by atoms with Gasteiger partial charge < -0.3 is 4.74 Å². The molecule has 2 heterocycles. The van der Waals surface area contributed by atoms with Gasteiger partial charge in [0.25, 0.3) is 5.82 Å². The van der Waals surface area contributed by atoms with Crippen molar-refractivity contribution in [1.82, 2.24) is 40.4 Å². The van der Waals surface area contributed by atoms with Crippen molar-refractivity contribution in [2.24, 2.45) is 7.05 Å². The maximum Gasteiger partial charge on any atom is 0.378 e. The number of tetrazole rings is 2. The van der Waals surface area contributed by atoms with Crippen molar-refractivity contribution >= 4 is 5.97 Å². The van der Waals surface area contributed by atoms with Crippen molar-refractivity contribution in [3.8, 4) is 0 Å². The van der Waals surface area contributed by atoms with Crippen LogP contribution >= 0.6 is 0 Å². The smallest absolute Gasteiger partial charge is 0.378 e. The first-order valence-electron chi connectivity index (χ1n) is 4.87. The van der Waals surface area contributed by atoms with Crippen molar-refractivity contribution in [2.45, 2.75) is 13.5 Å². The largest absolute Gasteiger partial charge is 0.460 e. The van der Waals surface area contributed by atoms with Crippen LogP contribution in [0, 0.1) is 0 Å². The van der Waals surface area contributed by atoms with Crippen molar-refractivity contribution in [3.63, 3.8) is 0 Å². The molecule has 0 atom stereocenters. The highest BCUT2D eigenvalue weighted by molar-refractivity contribution is 5.85. The van der Waals surface area contributed by atoms with E-state index < -0.39 is 5.97 Å². The Morgan fingerprint density at radius 1 is 1.35 bits per heavy atom. The van der Waals surface area contributed by atoms with Crippen LogP contribution in [0.15, 0.2) is 0 Å². The minimum atomic E-state index is -0.582. The molecule has 0 saturated carbocycles. The van der Waals surface area contributed by atoms with Crippen LogP contribution in [-0.4, -0.2) is 53.0 Å². The number of carbonyl (C=O) groups excluding carboxylic acids is 1. The van der Waals surface area contributed by atoms with Crippen molar-refractivity contribution in [3.05, 3.63) is 11.6 Å². The van der Waals surface area contributed by atoms with Gasteiger partial charge in [-0.1, -0.05) is 0 Å². The lowest BCUT2D eigenvalue weighted by Crippen LogP contribution is -2.15. The molecule has 17 heavy (non-hydrogen) atoms. The highest BCUT2D eigenvalue weighted by Crippen LogP contribution is 1.98. The van der Waals surface area contributed by atoms with Gasteiger partial charge in [-0.05, 0) is 22.6 Å². The second-order valence-corrected chi connectivity index (χ2v) is 3.08. The number of esters is 1. The maximum atomic E-state index is 11.5. The summed E-state index contributed by atoms with van der Waals surface area (Å²) in [6, 6.07) is 0. The Hall–Kier alpha value is -2.39. The highest BCUT2D eigenvalue weighted by atomic mass is 16.5. The van der Waals surface area contributed by atoms with Crippen molar-refractivity contribution in [2.75, 3.05) is 6.61 Å². The molecule has 10 nitrogen and oxygen atoms in total. The summed E-state index contributed by atoms with van der Waals surface area (Å²) in [5, 5.41) is 22.0. The van der Waals surface area contributed by atoms with E-state index in [1.807, 2.05) is 0 Å². The average Bonchev–Trinajstić information content (AvgIpc) is 2.89. The van der Waals surface area contributed by atoms with Crippen LogP contribution in [-0.2, 0) is 18.3 Å². The molecule has 90 valence electrons. The molecule has 0 radical (unpaired) electrons. The number of hydrogen-bond donors (Lipinski definition) is 0. The third-order valence-corrected chi connectivity index (χ3v) is 1.83. The van der Waals surface area contributed by atoms with Gasteiger partial charge in [-0.3, -0.25) is 0 Å². The Morgan fingerprint density at radius 2 is 2.18 bits per heavy atom. The third kappa shape index (κ3) is 2.41. The molecular weight excluding hydrogens is 228 g/mol. The standard InChI is InChI=1S/C7H10N8O2/c1-3-17-7(16)6-9-11-13-15(6)4-5-8-12-14(2)10-5/h3-4H2,1-2H3. The molecule has 0 N–H and O–H groups in total. The molecule has 0 aliphatic carbocycles. The average molecular weight is 238 g/mol. The highest BCUT2D eigenvalue weighted by Gasteiger charge is 2.17. The molecule has 0 fully saturated rings. The molecule has 0 amide bonds. The Labute approximate surface area is 95.6 Å². The molecule has 2 aromatic heterocycles. The van der Waals surface area contributed by atoms with Gasteiger partial charge in [0.05, 0.1) is 13.7 Å². The van der Waals surface area contributed by atoms with Crippen LogP contribution in [0.5, 0.6) is 0 Å². The predicted molar refractivity (Wildman–Crippen MR) is 51.7 cm³/mol. The number of ether oxygens (including phenoxy) is 1. The molecule has 0 aromatic carbocycles. The van der Waals surface area contributed by atoms with Gasteiger partial charge in [0.1, 0.15) is 6.54 Å². The van der Waals surface area contributed by atoms with Crippen LogP contribution in [0.25, 0.3) is 0 Å². The van der Waals surface area contributed by atoms with Gasteiger partial charge in [-0.2, -0.15) is 4.80 Å². The van der Waals surface area contributed by atoms with Gasteiger partial charge in [-0.15, -0.1) is 15.3 Å². The molecule has 0 aliphatic heterocycles. The van der Waals surface area contributed by atoms with Crippen LogP contribution in [0.2, 0.25) is 0 Å². The molecule has 0 aliphatic rings. The Kier molecular flexibility index (Phi) is 3.03. The minimum absolute atomic E-state index is 0.0132. The number of nitrogens with zero attached hydrogens (tertiary/aromatic N) is 8. The zero-order valence-electron chi connectivity index (χ0n) is 9.31. The van der Waals surface area contributed by atoms with Gasteiger partial charge >= 0.3 is 5.97 Å². The molecular formula is C7H10N8O2. The van der Waals surface area contributed by atoms with E-state index in [0.717, 1.165) is 0 Å². The molecule has 2 aromatic rings. The number of hydrogen-bond acceptors (Lipinski definition) is 8. The van der Waals surface area contributed by atoms with Crippen molar-refractivity contribution in [1.29, 1.82) is 0 Å². The van der Waals surface area contributed by atoms with E-state index in [9.17, 15) is 4.79 Å². The first kappa shape index (κ1) is 11.1. The fraction of sp³-hybridized carbons (Fsp3) is 0.571. The summed E-state index contributed by atoms with van der Waals surface area (Å²) in [5.41, 5.74) is 0. The minimum Gasteiger partial charge on any atom is -0.460 e. The van der Waals surface area contributed by atoms with E-state index >= 15 is 0 Å². The van der Waals surface area contributed by atoms with E-state index in [1.165, 1.54) is 9.48 Å². The number of carbonyl (C=O) groups is 1. The zero-order valence-corrected chi connectivity index (χ0v) is 9.31. The number of aryl methyl sites for hydroxylation is 1. The molecule has 2 rings (SSSR count). The molecule has 0 bridgehead atoms. The van der Waals surface area contributed by atoms with Gasteiger partial charge in [-0.25, -0.2) is 9.48 Å². The summed E-state index contributed by atoms with van der Waals surface area (Å²) in [6.45, 7) is 2.13. The predicted octanol–water partition coefficient (Wildman–Crippen LogP) is -1.58. The Bertz CT molecular complexity index is 517. The SMILES string of the molecule is CCOC(=O)c1nnnn1Cc1nnn(C)n1. The van der Waals surface area contributed by atoms with Gasteiger partial charge in [0.2, 0.25) is 0 Å². The van der Waals surface area contributed by atoms with E-state index in [4.69, 9.17) is 4.74 Å². The molecule has 0 saturated heterocycles. The summed E-state index contributed by atoms with van der Waals surface area (Å²) < 4.78 is 6.06. The fourth-order valence-corrected chi connectivity index (χ4v) is 1.17. The summed E-state index contributed by atoms with van der Waals surface area (Å²) >= 11 is 0. The van der Waals surface area contributed by atoms with Gasteiger partial charge in [0, 0.05) is 0 Å². The fourth-order valence-electron chi connectivity index (χ4n) is 1.17. The van der Waals surface area contributed by atoms with Crippen LogP contribution in [0.1, 0.15) is 23.4 Å². The normalized spacial score (nSPS) is 10.5. The van der Waals surface area contributed by atoms with Crippen LogP contribution < -0.4 is 0 Å². The van der Waals surface area contributed by atoms with E-state index in [1.54, 1.807) is 14.0 Å². The van der Waals surface area contributed by atoms with Crippen LogP contribution in [0.3, 0.4) is 0 Å². The molecule has 10 heteroatoms. The summed E-state index contributed by atoms with van der Waals surface area (Å²) in [4.78, 5) is 12.8. The molecule has 0 spiro atoms. The van der Waals surface area contributed by atoms with E-state index in [2.05, 4.69) is 30.9 Å². The quantitative estimate of drug-likeness (QED) is 0.586. The zero-order chi connectivity index (χ0) is 12.3. The second-order valence-electron chi connectivity index (χ2n) is 3.08. The summed E-state index contributed by atoms with van der Waals surface area (Å²) in [6.07, 6.45) is 0. The number of rotatable bonds is 4. The number of aromatic nitrogens is 8. The van der Waals surface area contributed by atoms with Crippen LogP contribution in [0.4, 0.5) is 0 Å².